The number of carboxylic acid groups (broad SMARTS) is 2. The molecule has 14 heteroatoms. The maximum Gasteiger partial charge on any atom is 0.326 e. The fourth-order valence-electron chi connectivity index (χ4n) is 2.00. The minimum Gasteiger partial charge on any atom is -0.481 e. The highest BCUT2D eigenvalue weighted by molar-refractivity contribution is 7.80. The highest BCUT2D eigenvalue weighted by Crippen LogP contribution is 2.02. The standard InChI is InChI=1S/C15H26N4O8S2/c1-6(20)11(14(25)17-8(15(26)27)2-3-10(21)22)19-13(24)9(5-29)18-12(23)7(16)4-28/h6-9,11,20,28-29H,2-5,16H2,1H3,(H,17,25)(H,18,23)(H,19,24)(H,21,22)(H,26,27). The smallest absolute Gasteiger partial charge is 0.326 e. The van der Waals surface area contributed by atoms with Crippen molar-refractivity contribution in [2.24, 2.45) is 5.73 Å². The molecule has 12 nitrogen and oxygen atoms in total. The van der Waals surface area contributed by atoms with Crippen LogP contribution in [0.3, 0.4) is 0 Å². The number of hydrogen-bond donors (Lipinski definition) is 9. The molecule has 0 aliphatic heterocycles. The van der Waals surface area contributed by atoms with Gasteiger partial charge in [-0.25, -0.2) is 4.79 Å². The lowest BCUT2D eigenvalue weighted by molar-refractivity contribution is -0.144. The van der Waals surface area contributed by atoms with E-state index in [1.807, 2.05) is 0 Å². The van der Waals surface area contributed by atoms with E-state index in [0.29, 0.717) is 0 Å². The van der Waals surface area contributed by atoms with Gasteiger partial charge in [0.25, 0.3) is 0 Å². The summed E-state index contributed by atoms with van der Waals surface area (Å²) >= 11 is 7.82. The lowest BCUT2D eigenvalue weighted by Gasteiger charge is -2.25. The van der Waals surface area contributed by atoms with Crippen molar-refractivity contribution < 1.29 is 39.3 Å². The van der Waals surface area contributed by atoms with E-state index in [1.54, 1.807) is 0 Å². The Kier molecular flexibility index (Phi) is 12.3. The Morgan fingerprint density at radius 2 is 1.45 bits per heavy atom. The summed E-state index contributed by atoms with van der Waals surface area (Å²) in [5.74, 6) is -5.43. The van der Waals surface area contributed by atoms with Gasteiger partial charge in [-0.1, -0.05) is 0 Å². The molecule has 0 aliphatic rings. The zero-order chi connectivity index (χ0) is 22.7. The number of aliphatic hydroxyl groups excluding tert-OH is 1. The van der Waals surface area contributed by atoms with Crippen LogP contribution >= 0.6 is 25.3 Å². The second kappa shape index (κ2) is 13.2. The van der Waals surface area contributed by atoms with Crippen LogP contribution in [0.4, 0.5) is 0 Å². The van der Waals surface area contributed by atoms with Crippen molar-refractivity contribution in [3.05, 3.63) is 0 Å². The average molecular weight is 455 g/mol. The molecular weight excluding hydrogens is 428 g/mol. The molecule has 0 saturated heterocycles. The van der Waals surface area contributed by atoms with Gasteiger partial charge < -0.3 is 37.0 Å². The maximum absolute atomic E-state index is 12.4. The number of aliphatic hydroxyl groups is 1. The van der Waals surface area contributed by atoms with Gasteiger partial charge in [0.15, 0.2) is 0 Å². The van der Waals surface area contributed by atoms with Crippen LogP contribution in [0.2, 0.25) is 0 Å². The first-order valence-electron chi connectivity index (χ1n) is 8.45. The molecule has 0 aromatic rings. The average Bonchev–Trinajstić information content (AvgIpc) is 2.65. The van der Waals surface area contributed by atoms with Crippen molar-refractivity contribution >= 4 is 54.9 Å². The molecule has 0 aliphatic carbocycles. The SMILES string of the molecule is CC(O)C(NC(=O)C(CS)NC(=O)C(N)CS)C(=O)NC(CCC(=O)O)C(=O)O. The fraction of sp³-hybridized carbons (Fsp3) is 0.667. The van der Waals surface area contributed by atoms with E-state index >= 15 is 0 Å². The Hall–Kier alpha value is -2.03. The molecule has 0 rings (SSSR count). The quantitative estimate of drug-likeness (QED) is 0.129. The van der Waals surface area contributed by atoms with E-state index in [-0.39, 0.29) is 11.5 Å². The van der Waals surface area contributed by atoms with E-state index in [0.717, 1.165) is 0 Å². The second-order valence-corrected chi connectivity index (χ2v) is 6.82. The number of hydrogen-bond acceptors (Lipinski definition) is 9. The van der Waals surface area contributed by atoms with E-state index in [1.165, 1.54) is 6.92 Å². The molecule has 0 heterocycles. The van der Waals surface area contributed by atoms with Gasteiger partial charge in [0.05, 0.1) is 12.1 Å². The Morgan fingerprint density at radius 3 is 1.86 bits per heavy atom. The van der Waals surface area contributed by atoms with Crippen molar-refractivity contribution in [3.8, 4) is 0 Å². The van der Waals surface area contributed by atoms with Crippen LogP contribution in [0.1, 0.15) is 19.8 Å². The number of carbonyl (C=O) groups is 5. The molecule has 166 valence electrons. The lowest BCUT2D eigenvalue weighted by Crippen LogP contribution is -2.60. The summed E-state index contributed by atoms with van der Waals surface area (Å²) in [6.45, 7) is 1.18. The molecule has 0 saturated carbocycles. The maximum atomic E-state index is 12.4. The molecule has 0 fully saturated rings. The predicted octanol–water partition coefficient (Wildman–Crippen LogP) is -3.04. The topological polar surface area (TPSA) is 208 Å². The molecular formula is C15H26N4O8S2. The van der Waals surface area contributed by atoms with Crippen LogP contribution in [-0.2, 0) is 24.0 Å². The second-order valence-electron chi connectivity index (χ2n) is 6.09. The van der Waals surface area contributed by atoms with E-state index in [4.69, 9.17) is 15.9 Å². The Balaban J connectivity index is 5.16. The third kappa shape index (κ3) is 9.83. The number of carboxylic acids is 2. The fourth-order valence-corrected chi connectivity index (χ4v) is 2.42. The molecule has 8 N–H and O–H groups in total. The molecule has 5 atom stereocenters. The van der Waals surface area contributed by atoms with Gasteiger partial charge >= 0.3 is 11.9 Å². The van der Waals surface area contributed by atoms with E-state index in [2.05, 4.69) is 41.2 Å². The number of aliphatic carboxylic acids is 2. The van der Waals surface area contributed by atoms with Gasteiger partial charge in [-0.3, -0.25) is 19.2 Å². The van der Waals surface area contributed by atoms with Crippen LogP contribution in [0.15, 0.2) is 0 Å². The first-order valence-corrected chi connectivity index (χ1v) is 9.72. The highest BCUT2D eigenvalue weighted by atomic mass is 32.1. The highest BCUT2D eigenvalue weighted by Gasteiger charge is 2.32. The summed E-state index contributed by atoms with van der Waals surface area (Å²) in [4.78, 5) is 58.3. The van der Waals surface area contributed by atoms with Gasteiger partial charge in [0, 0.05) is 17.9 Å². The van der Waals surface area contributed by atoms with E-state index < -0.39 is 72.8 Å². The summed E-state index contributed by atoms with van der Waals surface area (Å²) in [6, 6.07) is -5.26. The minimum atomic E-state index is -1.56. The number of nitrogens with one attached hydrogen (secondary N) is 3. The monoisotopic (exact) mass is 454 g/mol. The summed E-state index contributed by atoms with van der Waals surface area (Å²) < 4.78 is 0. The number of carbonyl (C=O) groups excluding carboxylic acids is 3. The molecule has 0 aromatic heterocycles. The van der Waals surface area contributed by atoms with Crippen molar-refractivity contribution in [2.75, 3.05) is 11.5 Å². The lowest BCUT2D eigenvalue weighted by atomic mass is 10.1. The van der Waals surface area contributed by atoms with Crippen LogP contribution in [0.25, 0.3) is 0 Å². The number of rotatable bonds is 13. The van der Waals surface area contributed by atoms with Crippen molar-refractivity contribution in [1.82, 2.24) is 16.0 Å². The molecule has 0 bridgehead atoms. The summed E-state index contributed by atoms with van der Waals surface area (Å²) in [5, 5.41) is 34.2. The minimum absolute atomic E-state index is 0.0262. The molecule has 5 unspecified atom stereocenters. The van der Waals surface area contributed by atoms with Crippen molar-refractivity contribution in [3.63, 3.8) is 0 Å². The first kappa shape index (κ1) is 27.0. The van der Waals surface area contributed by atoms with Crippen LogP contribution in [-0.4, -0.2) is 86.8 Å². The molecule has 0 spiro atoms. The number of nitrogens with two attached hydrogens (primary N) is 1. The van der Waals surface area contributed by atoms with Gasteiger partial charge in [-0.05, 0) is 13.3 Å². The van der Waals surface area contributed by atoms with Gasteiger partial charge in [0.2, 0.25) is 17.7 Å². The largest absolute Gasteiger partial charge is 0.481 e. The van der Waals surface area contributed by atoms with Crippen LogP contribution in [0.5, 0.6) is 0 Å². The first-order chi connectivity index (χ1) is 13.4. The van der Waals surface area contributed by atoms with Gasteiger partial charge in [-0.15, -0.1) is 0 Å². The Morgan fingerprint density at radius 1 is 0.897 bits per heavy atom. The van der Waals surface area contributed by atoms with Crippen molar-refractivity contribution in [1.29, 1.82) is 0 Å². The molecule has 0 radical (unpaired) electrons. The third-order valence-electron chi connectivity index (χ3n) is 3.67. The number of amides is 3. The molecule has 0 aromatic carbocycles. The van der Waals surface area contributed by atoms with E-state index in [9.17, 15) is 29.1 Å². The third-order valence-corrected chi connectivity index (χ3v) is 4.43. The van der Waals surface area contributed by atoms with Crippen molar-refractivity contribution in [2.45, 2.75) is 50.0 Å². The zero-order valence-corrected chi connectivity index (χ0v) is 17.4. The molecule has 29 heavy (non-hydrogen) atoms. The Bertz CT molecular complexity index is 619. The summed E-state index contributed by atoms with van der Waals surface area (Å²) in [7, 11) is 0. The van der Waals surface area contributed by atoms with Crippen LogP contribution in [0, 0.1) is 0 Å². The zero-order valence-electron chi connectivity index (χ0n) is 15.6. The molecule has 3 amide bonds. The number of thiol groups is 2. The Labute approximate surface area is 177 Å². The van der Waals surface area contributed by atoms with Gasteiger partial charge in [-0.2, -0.15) is 25.3 Å². The van der Waals surface area contributed by atoms with Crippen LogP contribution < -0.4 is 21.7 Å². The normalized spacial score (nSPS) is 15.9. The summed E-state index contributed by atoms with van der Waals surface area (Å²) in [5.41, 5.74) is 5.50. The predicted molar refractivity (Wildman–Crippen MR) is 108 cm³/mol. The summed E-state index contributed by atoms with van der Waals surface area (Å²) in [6.07, 6.45) is -2.33. The van der Waals surface area contributed by atoms with Gasteiger partial charge in [0.1, 0.15) is 18.1 Å².